The van der Waals surface area contributed by atoms with E-state index in [4.69, 9.17) is 4.74 Å². The number of benzene rings is 2. The second-order valence-electron chi connectivity index (χ2n) is 7.22. The van der Waals surface area contributed by atoms with Gasteiger partial charge in [-0.1, -0.05) is 72.5 Å². The Kier molecular flexibility index (Phi) is 6.46. The zero-order valence-corrected chi connectivity index (χ0v) is 18.7. The first-order chi connectivity index (χ1) is 16.0. The minimum Gasteiger partial charge on any atom is -0.503 e. The Morgan fingerprint density at radius 1 is 1.21 bits per heavy atom. The number of allylic oxidation sites excluding steroid dienone is 1. The molecule has 1 N–H and O–H groups in total. The third-order valence-corrected chi connectivity index (χ3v) is 5.80. The minimum atomic E-state index is -0.884. The van der Waals surface area contributed by atoms with Gasteiger partial charge in [-0.2, -0.15) is 0 Å². The lowest BCUT2D eigenvalue weighted by Gasteiger charge is -2.24. The molecule has 0 radical (unpaired) electrons. The average molecular weight is 460 g/mol. The molecule has 0 saturated heterocycles. The van der Waals surface area contributed by atoms with Gasteiger partial charge in [0, 0.05) is 0 Å². The highest BCUT2D eigenvalue weighted by Crippen LogP contribution is 2.42. The maximum absolute atomic E-state index is 13.2. The predicted molar refractivity (Wildman–Crippen MR) is 127 cm³/mol. The molecule has 1 unspecified atom stereocenters. The number of rotatable bonds is 8. The zero-order chi connectivity index (χ0) is 23.4. The van der Waals surface area contributed by atoms with Crippen molar-refractivity contribution in [1.82, 2.24) is 10.2 Å². The van der Waals surface area contributed by atoms with Crippen LogP contribution in [0.3, 0.4) is 0 Å². The molecular weight excluding hydrogens is 438 g/mol. The second-order valence-corrected chi connectivity index (χ2v) is 8.38. The molecule has 1 atom stereocenters. The molecule has 2 heterocycles. The lowest BCUT2D eigenvalue weighted by Crippen LogP contribution is -2.30. The number of aliphatic hydroxyl groups is 1. The van der Waals surface area contributed by atoms with Crippen molar-refractivity contribution < 1.29 is 19.4 Å². The predicted octanol–water partition coefficient (Wildman–Crippen LogP) is 4.59. The first kappa shape index (κ1) is 22.2. The average Bonchev–Trinajstić information content (AvgIpc) is 3.37. The smallest absolute Gasteiger partial charge is 0.296 e. The molecule has 0 bridgehead atoms. The minimum absolute atomic E-state index is 0.0269. The molecule has 0 fully saturated rings. The maximum Gasteiger partial charge on any atom is 0.296 e. The summed E-state index contributed by atoms with van der Waals surface area (Å²) in [6.45, 7) is 5.72. The number of amides is 1. The molecule has 1 aliphatic rings. The van der Waals surface area contributed by atoms with Crippen LogP contribution in [0, 0.1) is 6.92 Å². The second kappa shape index (κ2) is 9.62. The number of ketones is 1. The van der Waals surface area contributed by atoms with Crippen molar-refractivity contribution in [3.8, 4) is 5.75 Å². The molecule has 1 aromatic heterocycles. The summed E-state index contributed by atoms with van der Waals surface area (Å²) in [6.07, 6.45) is 4.62. The molecule has 0 saturated carbocycles. The van der Waals surface area contributed by atoms with E-state index in [1.807, 2.05) is 30.3 Å². The zero-order valence-electron chi connectivity index (χ0n) is 17.8. The van der Waals surface area contributed by atoms with Gasteiger partial charge in [0.15, 0.2) is 11.5 Å². The topological polar surface area (TPSA) is 92.6 Å². The number of hydrogen-bond donors (Lipinski definition) is 1. The van der Waals surface area contributed by atoms with Gasteiger partial charge in [0.25, 0.3) is 5.91 Å². The maximum atomic E-state index is 13.2. The van der Waals surface area contributed by atoms with Gasteiger partial charge in [0.1, 0.15) is 17.4 Å². The number of aromatic nitrogens is 2. The molecule has 8 heteroatoms. The van der Waals surface area contributed by atoms with E-state index in [0.29, 0.717) is 28.1 Å². The van der Waals surface area contributed by atoms with E-state index >= 15 is 0 Å². The van der Waals surface area contributed by atoms with E-state index in [2.05, 4.69) is 16.8 Å². The van der Waals surface area contributed by atoms with Crippen LogP contribution in [0.25, 0.3) is 6.08 Å². The van der Waals surface area contributed by atoms with Crippen molar-refractivity contribution in [3.63, 3.8) is 0 Å². The van der Waals surface area contributed by atoms with Crippen LogP contribution in [0.1, 0.15) is 22.2 Å². The Hall–Kier alpha value is -4.04. The number of carbonyl (C=O) groups excluding carboxylic acids is 2. The van der Waals surface area contributed by atoms with Crippen LogP contribution in [0.5, 0.6) is 5.75 Å². The van der Waals surface area contributed by atoms with Crippen LogP contribution in [0.2, 0.25) is 0 Å². The Balaban J connectivity index is 1.77. The summed E-state index contributed by atoms with van der Waals surface area (Å²) in [7, 11) is 0. The van der Waals surface area contributed by atoms with Gasteiger partial charge >= 0.3 is 0 Å². The molecule has 1 amide bonds. The summed E-state index contributed by atoms with van der Waals surface area (Å²) in [5, 5.41) is 19.8. The van der Waals surface area contributed by atoms with Gasteiger partial charge in [-0.15, -0.1) is 10.2 Å². The fourth-order valence-corrected chi connectivity index (χ4v) is 4.22. The SMILES string of the molecule is C=CCOc1cccc(C2C(C(=O)C=Cc3ccccc3)=C(O)C(=O)N2c2nnc(C)s2)c1. The number of nitrogens with zero attached hydrogens (tertiary/aromatic N) is 3. The standard InChI is InChI=1S/C25H21N3O4S/c1-3-14-32-19-11-7-10-18(15-19)22-21(20(29)13-12-17-8-5-4-6-9-17)23(30)24(31)28(22)25-27-26-16(2)33-25/h3-13,15,22,30H,1,14H2,2H3. The van der Waals surface area contributed by atoms with Gasteiger partial charge < -0.3 is 9.84 Å². The monoisotopic (exact) mass is 459 g/mol. The van der Waals surface area contributed by atoms with Gasteiger partial charge in [-0.25, -0.2) is 0 Å². The fourth-order valence-electron chi connectivity index (χ4n) is 3.51. The summed E-state index contributed by atoms with van der Waals surface area (Å²) in [5.41, 5.74) is 1.39. The van der Waals surface area contributed by atoms with Crippen molar-refractivity contribution in [2.45, 2.75) is 13.0 Å². The number of anilines is 1. The van der Waals surface area contributed by atoms with Crippen molar-refractivity contribution in [3.05, 3.63) is 101 Å². The molecule has 166 valence electrons. The lowest BCUT2D eigenvalue weighted by molar-refractivity contribution is -0.117. The summed E-state index contributed by atoms with van der Waals surface area (Å²) in [4.78, 5) is 27.6. The number of carbonyl (C=O) groups is 2. The third kappa shape index (κ3) is 4.61. The Bertz CT molecular complexity index is 1260. The van der Waals surface area contributed by atoms with Crippen LogP contribution in [0.4, 0.5) is 5.13 Å². The van der Waals surface area contributed by atoms with Crippen LogP contribution in [0.15, 0.2) is 84.7 Å². The first-order valence-corrected chi connectivity index (χ1v) is 11.0. The quantitative estimate of drug-likeness (QED) is 0.391. The highest BCUT2D eigenvalue weighted by Gasteiger charge is 2.45. The first-order valence-electron chi connectivity index (χ1n) is 10.2. The van der Waals surface area contributed by atoms with E-state index in [9.17, 15) is 14.7 Å². The molecule has 7 nitrogen and oxygen atoms in total. The van der Waals surface area contributed by atoms with Crippen LogP contribution >= 0.6 is 11.3 Å². The molecule has 33 heavy (non-hydrogen) atoms. The van der Waals surface area contributed by atoms with Crippen molar-refractivity contribution >= 4 is 34.2 Å². The number of aliphatic hydroxyl groups excluding tert-OH is 1. The van der Waals surface area contributed by atoms with Gasteiger partial charge in [-0.05, 0) is 36.3 Å². The van der Waals surface area contributed by atoms with Crippen LogP contribution in [-0.4, -0.2) is 33.6 Å². The van der Waals surface area contributed by atoms with E-state index in [0.717, 1.165) is 5.56 Å². The molecule has 0 aliphatic carbocycles. The van der Waals surface area contributed by atoms with Gasteiger partial charge in [0.2, 0.25) is 5.13 Å². The van der Waals surface area contributed by atoms with Crippen molar-refractivity contribution in [2.24, 2.45) is 0 Å². The Morgan fingerprint density at radius 2 is 2.00 bits per heavy atom. The largest absolute Gasteiger partial charge is 0.503 e. The normalized spacial score (nSPS) is 16.0. The molecular formula is C25H21N3O4S. The summed E-state index contributed by atoms with van der Waals surface area (Å²) in [6, 6.07) is 15.4. The number of aryl methyl sites for hydroxylation is 1. The van der Waals surface area contributed by atoms with E-state index in [1.165, 1.54) is 22.3 Å². The summed E-state index contributed by atoms with van der Waals surface area (Å²) >= 11 is 1.20. The van der Waals surface area contributed by atoms with Crippen LogP contribution in [-0.2, 0) is 9.59 Å². The van der Waals surface area contributed by atoms with E-state index < -0.39 is 23.5 Å². The van der Waals surface area contributed by atoms with Crippen molar-refractivity contribution in [1.29, 1.82) is 0 Å². The highest BCUT2D eigenvalue weighted by molar-refractivity contribution is 7.15. The van der Waals surface area contributed by atoms with Crippen molar-refractivity contribution in [2.75, 3.05) is 11.5 Å². The molecule has 2 aromatic carbocycles. The van der Waals surface area contributed by atoms with Crippen LogP contribution < -0.4 is 9.64 Å². The van der Waals surface area contributed by atoms with E-state index in [1.54, 1.807) is 43.3 Å². The lowest BCUT2D eigenvalue weighted by atomic mass is 9.95. The summed E-state index contributed by atoms with van der Waals surface area (Å²) < 4.78 is 5.63. The van der Waals surface area contributed by atoms with E-state index in [-0.39, 0.29) is 5.57 Å². The Morgan fingerprint density at radius 3 is 2.70 bits per heavy atom. The highest BCUT2D eigenvalue weighted by atomic mass is 32.1. The summed E-state index contributed by atoms with van der Waals surface area (Å²) in [5.74, 6) is -1.24. The number of hydrogen-bond acceptors (Lipinski definition) is 7. The third-order valence-electron chi connectivity index (χ3n) is 4.96. The van der Waals surface area contributed by atoms with Gasteiger partial charge in [-0.3, -0.25) is 14.5 Å². The molecule has 1 aliphatic heterocycles. The molecule has 4 rings (SSSR count). The fraction of sp³-hybridized carbons (Fsp3) is 0.120. The molecule has 3 aromatic rings. The Labute approximate surface area is 195 Å². The van der Waals surface area contributed by atoms with Gasteiger partial charge in [0.05, 0.1) is 11.6 Å². The molecule has 0 spiro atoms. The number of ether oxygens (including phenoxy) is 1.